The van der Waals surface area contributed by atoms with Gasteiger partial charge in [0.05, 0.1) is 18.6 Å². The predicted molar refractivity (Wildman–Crippen MR) is 250 cm³/mol. The number of rotatable bonds is 43. The van der Waals surface area contributed by atoms with Crippen LogP contribution in [0, 0.1) is 5.41 Å². The van der Waals surface area contributed by atoms with Crippen LogP contribution in [-0.4, -0.2) is 110 Å². The fourth-order valence-corrected chi connectivity index (χ4v) is 7.68. The number of ether oxygens (including phenoxy) is 3. The van der Waals surface area contributed by atoms with E-state index >= 15 is 0 Å². The first-order valence-electron chi connectivity index (χ1n) is 25.3. The Labute approximate surface area is 374 Å². The molecule has 10 heteroatoms. The van der Waals surface area contributed by atoms with E-state index in [0.29, 0.717) is 13.0 Å². The molecule has 1 saturated heterocycles. The second-order valence-corrected chi connectivity index (χ2v) is 17.8. The molecule has 1 rings (SSSR count). The van der Waals surface area contributed by atoms with Crippen LogP contribution in [0.5, 0.6) is 0 Å². The summed E-state index contributed by atoms with van der Waals surface area (Å²) in [6, 6.07) is 0. The average Bonchev–Trinajstić information content (AvgIpc) is 3.27. The van der Waals surface area contributed by atoms with Crippen LogP contribution in [0.15, 0.2) is 24.3 Å². The number of hydrogen-bond acceptors (Lipinski definition) is 10. The number of piperazine rings is 1. The van der Waals surface area contributed by atoms with Crippen molar-refractivity contribution in [1.29, 1.82) is 0 Å². The van der Waals surface area contributed by atoms with Gasteiger partial charge in [0.2, 0.25) is 0 Å². The van der Waals surface area contributed by atoms with E-state index in [-0.39, 0.29) is 57.6 Å². The van der Waals surface area contributed by atoms with Crippen molar-refractivity contribution in [1.82, 2.24) is 9.80 Å². The van der Waals surface area contributed by atoms with Crippen molar-refractivity contribution in [3.8, 4) is 0 Å². The van der Waals surface area contributed by atoms with Crippen LogP contribution in [0.3, 0.4) is 0 Å². The lowest BCUT2D eigenvalue weighted by Gasteiger charge is -2.34. The van der Waals surface area contributed by atoms with Crippen LogP contribution in [0.1, 0.15) is 206 Å². The maximum absolute atomic E-state index is 12.8. The van der Waals surface area contributed by atoms with Crippen LogP contribution < -0.4 is 0 Å². The highest BCUT2D eigenvalue weighted by Crippen LogP contribution is 2.22. The Morgan fingerprint density at radius 1 is 0.443 bits per heavy atom. The van der Waals surface area contributed by atoms with Crippen molar-refractivity contribution in [3.63, 3.8) is 0 Å². The molecule has 1 heterocycles. The third-order valence-electron chi connectivity index (χ3n) is 12.0. The molecule has 0 atom stereocenters. The molecule has 356 valence electrons. The first-order valence-corrected chi connectivity index (χ1v) is 25.3. The van der Waals surface area contributed by atoms with Crippen LogP contribution in [-0.2, 0) is 28.6 Å². The Hall–Kier alpha value is -2.27. The zero-order valence-corrected chi connectivity index (χ0v) is 39.5. The summed E-state index contributed by atoms with van der Waals surface area (Å²) in [7, 11) is 0. The molecule has 0 aromatic rings. The van der Waals surface area contributed by atoms with Crippen LogP contribution in [0.4, 0.5) is 0 Å². The second-order valence-electron chi connectivity index (χ2n) is 17.8. The SMILES string of the molecule is CCCCCCCC/C=C\CCCCCCCC(=O)OCC(CO)(COC(=O)CCCCCCC/C=C\CCCCCCCC)COC(=O)CCCN1CCN(CCO)CC1. The van der Waals surface area contributed by atoms with E-state index < -0.39 is 18.0 Å². The van der Waals surface area contributed by atoms with Crippen LogP contribution in [0.25, 0.3) is 0 Å². The first-order chi connectivity index (χ1) is 29.9. The Bertz CT molecular complexity index is 1030. The maximum Gasteiger partial charge on any atom is 0.305 e. The molecule has 0 aliphatic carbocycles. The van der Waals surface area contributed by atoms with Gasteiger partial charge in [0.15, 0.2) is 0 Å². The molecule has 61 heavy (non-hydrogen) atoms. The van der Waals surface area contributed by atoms with Crippen LogP contribution >= 0.6 is 0 Å². The molecule has 1 fully saturated rings. The minimum absolute atomic E-state index is 0.162. The molecule has 0 spiro atoms. The van der Waals surface area contributed by atoms with Gasteiger partial charge in [-0.15, -0.1) is 0 Å². The zero-order chi connectivity index (χ0) is 44.3. The van der Waals surface area contributed by atoms with E-state index in [9.17, 15) is 24.6 Å². The summed E-state index contributed by atoms with van der Waals surface area (Å²) in [6.45, 7) is 8.66. The highest BCUT2D eigenvalue weighted by Gasteiger charge is 2.35. The normalized spacial score (nSPS) is 14.0. The predicted octanol–water partition coefficient (Wildman–Crippen LogP) is 11.1. The summed E-state index contributed by atoms with van der Waals surface area (Å²) >= 11 is 0. The summed E-state index contributed by atoms with van der Waals surface area (Å²) in [4.78, 5) is 42.9. The third kappa shape index (κ3) is 34.8. The fraction of sp³-hybridized carbons (Fsp3) is 0.863. The maximum atomic E-state index is 12.8. The van der Waals surface area contributed by atoms with Crippen molar-refractivity contribution in [3.05, 3.63) is 24.3 Å². The van der Waals surface area contributed by atoms with Gasteiger partial charge in [-0.25, -0.2) is 0 Å². The Kier molecular flexibility index (Phi) is 38.8. The third-order valence-corrected chi connectivity index (χ3v) is 12.0. The van der Waals surface area contributed by atoms with E-state index in [1.54, 1.807) is 0 Å². The summed E-state index contributed by atoms with van der Waals surface area (Å²) in [6.07, 6.45) is 41.4. The standard InChI is InChI=1S/C51H94N2O8/c1-3-5-7-9-11-13-15-17-19-21-23-25-27-29-31-34-48(56)59-45-51(44-55,47-61-50(58)36-33-37-52-38-40-53(41-39-52)42-43-54)46-60-49(57)35-32-30-28-26-24-22-20-18-16-14-12-10-8-6-4-2/h17-20,54-55H,3-16,21-47H2,1-2H3/b19-17-,20-18-. The lowest BCUT2D eigenvalue weighted by molar-refractivity contribution is -0.165. The first kappa shape index (κ1) is 56.7. The topological polar surface area (TPSA) is 126 Å². The molecule has 0 unspecified atom stereocenters. The molecule has 2 N–H and O–H groups in total. The number of aliphatic hydroxyl groups is 2. The summed E-state index contributed by atoms with van der Waals surface area (Å²) in [5.41, 5.74) is -1.23. The Morgan fingerprint density at radius 3 is 1.10 bits per heavy atom. The Morgan fingerprint density at radius 2 is 0.754 bits per heavy atom. The molecular formula is C51H94N2O8. The van der Waals surface area contributed by atoms with Crippen molar-refractivity contribution in [2.24, 2.45) is 5.41 Å². The van der Waals surface area contributed by atoms with Crippen molar-refractivity contribution in [2.45, 2.75) is 206 Å². The number of nitrogens with zero attached hydrogens (tertiary/aromatic N) is 2. The van der Waals surface area contributed by atoms with E-state index in [2.05, 4.69) is 48.0 Å². The molecule has 0 amide bonds. The lowest BCUT2D eigenvalue weighted by atomic mass is 9.92. The van der Waals surface area contributed by atoms with E-state index in [4.69, 9.17) is 14.2 Å². The number of aliphatic hydroxyl groups excluding tert-OH is 2. The summed E-state index contributed by atoms with van der Waals surface area (Å²) < 4.78 is 16.9. The summed E-state index contributed by atoms with van der Waals surface area (Å²) in [5, 5.41) is 19.7. The highest BCUT2D eigenvalue weighted by atomic mass is 16.6. The minimum atomic E-state index is -1.23. The molecule has 1 aliphatic heterocycles. The number of unbranched alkanes of at least 4 members (excludes halogenated alkanes) is 22. The molecule has 0 radical (unpaired) electrons. The quantitative estimate of drug-likeness (QED) is 0.0265. The van der Waals surface area contributed by atoms with Gasteiger partial charge in [-0.2, -0.15) is 0 Å². The second kappa shape index (κ2) is 41.7. The van der Waals surface area contributed by atoms with Gasteiger partial charge in [0.1, 0.15) is 19.8 Å². The molecule has 0 aromatic heterocycles. The number of allylic oxidation sites excluding steroid dienone is 4. The molecule has 0 saturated carbocycles. The van der Waals surface area contributed by atoms with Crippen molar-refractivity contribution in [2.75, 3.05) is 72.3 Å². The van der Waals surface area contributed by atoms with Gasteiger partial charge >= 0.3 is 17.9 Å². The van der Waals surface area contributed by atoms with Gasteiger partial charge in [-0.3, -0.25) is 19.3 Å². The van der Waals surface area contributed by atoms with E-state index in [1.165, 1.54) is 89.9 Å². The van der Waals surface area contributed by atoms with Gasteiger partial charge < -0.3 is 29.3 Å². The van der Waals surface area contributed by atoms with Crippen molar-refractivity contribution >= 4 is 17.9 Å². The van der Waals surface area contributed by atoms with Gasteiger partial charge in [-0.05, 0) is 77.2 Å². The zero-order valence-electron chi connectivity index (χ0n) is 39.5. The van der Waals surface area contributed by atoms with Gasteiger partial charge in [0, 0.05) is 52.0 Å². The average molecular weight is 863 g/mol. The molecule has 0 bridgehead atoms. The summed E-state index contributed by atoms with van der Waals surface area (Å²) in [5.74, 6) is -1.11. The number of carbonyl (C=O) groups is 3. The van der Waals surface area contributed by atoms with Crippen molar-refractivity contribution < 1.29 is 38.8 Å². The van der Waals surface area contributed by atoms with E-state index in [1.807, 2.05) is 0 Å². The number of hydrogen-bond donors (Lipinski definition) is 2. The monoisotopic (exact) mass is 863 g/mol. The number of carbonyl (C=O) groups excluding carboxylic acids is 3. The molecular weight excluding hydrogens is 769 g/mol. The highest BCUT2D eigenvalue weighted by molar-refractivity contribution is 5.70. The van der Waals surface area contributed by atoms with Gasteiger partial charge in [0.25, 0.3) is 0 Å². The lowest BCUT2D eigenvalue weighted by Crippen LogP contribution is -2.47. The molecule has 0 aromatic carbocycles. The number of β-amino-alcohol motifs (C(OH)–C–C–N with tert-alkyl or cyclic N) is 1. The molecule has 1 aliphatic rings. The number of esters is 3. The van der Waals surface area contributed by atoms with Crippen LogP contribution in [0.2, 0.25) is 0 Å². The Balaban J connectivity index is 2.42. The minimum Gasteiger partial charge on any atom is -0.465 e. The largest absolute Gasteiger partial charge is 0.465 e. The smallest absolute Gasteiger partial charge is 0.305 e. The van der Waals surface area contributed by atoms with Gasteiger partial charge in [-0.1, -0.05) is 141 Å². The van der Waals surface area contributed by atoms with E-state index in [0.717, 1.165) is 110 Å². The molecule has 10 nitrogen and oxygen atoms in total. The fourth-order valence-electron chi connectivity index (χ4n) is 7.68.